The Morgan fingerprint density at radius 2 is 2.07 bits per heavy atom. The molecule has 0 saturated heterocycles. The summed E-state index contributed by atoms with van der Waals surface area (Å²) in [5, 5.41) is 11.5. The first-order valence-corrected chi connectivity index (χ1v) is 10.6. The monoisotopic (exact) mass is 455 g/mol. The van der Waals surface area contributed by atoms with E-state index in [0.29, 0.717) is 27.6 Å². The molecule has 3 aromatic heterocycles. The summed E-state index contributed by atoms with van der Waals surface area (Å²) in [6.45, 7) is 0. The number of halogens is 2. The Morgan fingerprint density at radius 3 is 2.83 bits per heavy atom. The van der Waals surface area contributed by atoms with Gasteiger partial charge in [-0.1, -0.05) is 29.3 Å². The van der Waals surface area contributed by atoms with E-state index in [1.165, 1.54) is 18.0 Å². The highest BCUT2D eigenvalue weighted by Gasteiger charge is 2.09. The van der Waals surface area contributed by atoms with Gasteiger partial charge in [0.25, 0.3) is 0 Å². The van der Waals surface area contributed by atoms with Crippen LogP contribution in [0.2, 0.25) is 5.02 Å². The first-order valence-electron chi connectivity index (χ1n) is 8.87. The van der Waals surface area contributed by atoms with E-state index in [4.69, 9.17) is 23.2 Å². The van der Waals surface area contributed by atoms with E-state index in [9.17, 15) is 4.79 Å². The molecule has 0 saturated carbocycles. The molecule has 0 radical (unpaired) electrons. The molecule has 0 spiro atoms. The van der Waals surface area contributed by atoms with Crippen molar-refractivity contribution in [1.82, 2.24) is 15.0 Å². The second-order valence-electron chi connectivity index (χ2n) is 6.33. The second-order valence-corrected chi connectivity index (χ2v) is 7.77. The van der Waals surface area contributed by atoms with Crippen LogP contribution in [0.25, 0.3) is 10.9 Å². The lowest BCUT2D eigenvalue weighted by molar-refractivity contribution is -0.111. The minimum Gasteiger partial charge on any atom is -0.340 e. The lowest BCUT2D eigenvalue weighted by Crippen LogP contribution is -2.09. The van der Waals surface area contributed by atoms with Crippen LogP contribution in [-0.4, -0.2) is 20.9 Å². The van der Waals surface area contributed by atoms with Gasteiger partial charge in [0.2, 0.25) is 5.91 Å². The van der Waals surface area contributed by atoms with E-state index in [2.05, 4.69) is 42.4 Å². The maximum absolute atomic E-state index is 11.7. The molecule has 2 N–H and O–H groups in total. The lowest BCUT2D eigenvalue weighted by Gasteiger charge is -2.11. The average molecular weight is 456 g/mol. The van der Waals surface area contributed by atoms with Crippen molar-refractivity contribution >= 4 is 68.7 Å². The fourth-order valence-corrected chi connectivity index (χ4v) is 3.90. The highest BCUT2D eigenvalue weighted by molar-refractivity contribution is 7.07. The van der Waals surface area contributed by atoms with Crippen LogP contribution < -0.4 is 10.6 Å². The van der Waals surface area contributed by atoms with Gasteiger partial charge in [-0.3, -0.25) is 4.79 Å². The number of carbonyl (C=O) groups excluding carboxylic acids is 1. The predicted octanol–water partition coefficient (Wildman–Crippen LogP) is 5.77. The van der Waals surface area contributed by atoms with Crippen LogP contribution in [0, 0.1) is 0 Å². The van der Waals surface area contributed by atoms with Crippen molar-refractivity contribution in [3.8, 4) is 0 Å². The van der Waals surface area contributed by atoms with Gasteiger partial charge < -0.3 is 10.6 Å². The van der Waals surface area contributed by atoms with Crippen LogP contribution in [0.1, 0.15) is 11.1 Å². The third-order valence-corrected chi connectivity index (χ3v) is 5.49. The molecule has 0 fully saturated rings. The van der Waals surface area contributed by atoms with Crippen molar-refractivity contribution in [1.29, 1.82) is 0 Å². The van der Waals surface area contributed by atoms with Crippen LogP contribution in [0.3, 0.4) is 0 Å². The molecule has 0 aliphatic carbocycles. The molecule has 3 heterocycles. The number of pyridine rings is 1. The third kappa shape index (κ3) is 4.76. The molecule has 0 aliphatic heterocycles. The number of benzene rings is 1. The van der Waals surface area contributed by atoms with Crippen LogP contribution in [0.5, 0.6) is 0 Å². The number of anilines is 3. The Bertz CT molecular complexity index is 1230. The summed E-state index contributed by atoms with van der Waals surface area (Å²) in [4.78, 5) is 24.5. The number of carbonyl (C=O) groups is 1. The number of amides is 1. The lowest BCUT2D eigenvalue weighted by atomic mass is 10.1. The number of fused-ring (bicyclic) bond motifs is 1. The number of hydrogen-bond donors (Lipinski definition) is 2. The van der Waals surface area contributed by atoms with Crippen LogP contribution >= 0.6 is 34.5 Å². The van der Waals surface area contributed by atoms with Gasteiger partial charge in [-0.25, -0.2) is 15.0 Å². The molecule has 4 aromatic rings. The quantitative estimate of drug-likeness (QED) is 0.361. The number of nitrogens with one attached hydrogen (secondary N) is 2. The molecule has 0 atom stereocenters. The summed E-state index contributed by atoms with van der Waals surface area (Å²) in [6.07, 6.45) is 5.00. The summed E-state index contributed by atoms with van der Waals surface area (Å²) >= 11 is 13.6. The zero-order valence-corrected chi connectivity index (χ0v) is 17.8. The van der Waals surface area contributed by atoms with E-state index in [-0.39, 0.29) is 5.91 Å². The Kier molecular flexibility index (Phi) is 6.23. The molecule has 6 nitrogen and oxygen atoms in total. The predicted molar refractivity (Wildman–Crippen MR) is 123 cm³/mol. The van der Waals surface area contributed by atoms with Gasteiger partial charge in [0.15, 0.2) is 0 Å². The van der Waals surface area contributed by atoms with Gasteiger partial charge in [0.05, 0.1) is 11.7 Å². The highest BCUT2D eigenvalue weighted by atomic mass is 35.5. The van der Waals surface area contributed by atoms with E-state index in [0.717, 1.165) is 23.2 Å². The molecule has 0 unspecified atom stereocenters. The Labute approximate surface area is 186 Å². The molecule has 30 heavy (non-hydrogen) atoms. The van der Waals surface area contributed by atoms with E-state index >= 15 is 0 Å². The maximum atomic E-state index is 11.7. The van der Waals surface area contributed by atoms with Crippen molar-refractivity contribution in [2.24, 2.45) is 0 Å². The van der Waals surface area contributed by atoms with Crippen molar-refractivity contribution in [2.45, 2.75) is 6.42 Å². The molecular formula is C21H15Cl2N5OS. The van der Waals surface area contributed by atoms with Crippen molar-refractivity contribution in [3.05, 3.63) is 81.4 Å². The minimum atomic E-state index is -0.379. The van der Waals surface area contributed by atoms with E-state index in [1.807, 2.05) is 18.2 Å². The fourth-order valence-electron chi connectivity index (χ4n) is 2.87. The van der Waals surface area contributed by atoms with Crippen molar-refractivity contribution in [3.63, 3.8) is 0 Å². The molecule has 0 aliphatic rings. The highest BCUT2D eigenvalue weighted by Crippen LogP contribution is 2.28. The first kappa shape index (κ1) is 20.3. The summed E-state index contributed by atoms with van der Waals surface area (Å²) in [7, 11) is 0. The summed E-state index contributed by atoms with van der Waals surface area (Å²) in [6, 6.07) is 9.61. The van der Waals surface area contributed by atoms with Crippen molar-refractivity contribution < 1.29 is 4.79 Å². The summed E-state index contributed by atoms with van der Waals surface area (Å²) < 4.78 is 0. The van der Waals surface area contributed by atoms with Crippen LogP contribution in [-0.2, 0) is 11.2 Å². The SMILES string of the molecule is O=C(C=CCl)Nc1cc2c(Nc3ccc(Cc4ccsc4)c(Cl)c3)ncnc2cn1. The van der Waals surface area contributed by atoms with Gasteiger partial charge in [0.1, 0.15) is 18.0 Å². The normalized spacial score (nSPS) is 11.1. The third-order valence-electron chi connectivity index (χ3n) is 4.28. The van der Waals surface area contributed by atoms with E-state index in [1.54, 1.807) is 23.6 Å². The Morgan fingerprint density at radius 1 is 1.17 bits per heavy atom. The number of nitrogens with zero attached hydrogens (tertiary/aromatic N) is 3. The first-order chi connectivity index (χ1) is 14.6. The molecular weight excluding hydrogens is 441 g/mol. The zero-order valence-electron chi connectivity index (χ0n) is 15.5. The van der Waals surface area contributed by atoms with Gasteiger partial charge in [-0.05, 0) is 52.6 Å². The zero-order chi connectivity index (χ0) is 20.9. The summed E-state index contributed by atoms with van der Waals surface area (Å²) in [5.41, 5.74) is 4.85. The van der Waals surface area contributed by atoms with Crippen LogP contribution in [0.4, 0.5) is 17.3 Å². The van der Waals surface area contributed by atoms with Crippen LogP contribution in [0.15, 0.2) is 65.2 Å². The molecule has 1 amide bonds. The molecule has 9 heteroatoms. The van der Waals surface area contributed by atoms with Gasteiger partial charge in [0, 0.05) is 27.7 Å². The number of aromatic nitrogens is 3. The van der Waals surface area contributed by atoms with Gasteiger partial charge in [-0.15, -0.1) is 0 Å². The van der Waals surface area contributed by atoms with Gasteiger partial charge in [-0.2, -0.15) is 11.3 Å². The molecule has 4 rings (SSSR count). The topological polar surface area (TPSA) is 79.8 Å². The largest absolute Gasteiger partial charge is 0.340 e. The molecule has 150 valence electrons. The fraction of sp³-hybridized carbons (Fsp3) is 0.0476. The molecule has 0 bridgehead atoms. The summed E-state index contributed by atoms with van der Waals surface area (Å²) in [5.74, 6) is 0.563. The number of thiophene rings is 1. The number of hydrogen-bond acceptors (Lipinski definition) is 6. The minimum absolute atomic E-state index is 0.365. The molecule has 1 aromatic carbocycles. The standard InChI is InChI=1S/C21H15Cl2N5OS/c22-5-3-20(29)28-19-9-16-18(10-24-19)25-12-26-21(16)27-15-2-1-14(17(23)8-15)7-13-4-6-30-11-13/h1-6,8-12H,7H2,(H,24,28,29)(H,25,26,27). The second kappa shape index (κ2) is 9.21. The number of rotatable bonds is 6. The Hall–Kier alpha value is -3.00. The Balaban J connectivity index is 1.60. The van der Waals surface area contributed by atoms with E-state index < -0.39 is 0 Å². The van der Waals surface area contributed by atoms with Crippen molar-refractivity contribution in [2.75, 3.05) is 10.6 Å². The average Bonchev–Trinajstić information content (AvgIpc) is 3.24. The maximum Gasteiger partial charge on any atom is 0.250 e. The smallest absolute Gasteiger partial charge is 0.250 e. The van der Waals surface area contributed by atoms with Gasteiger partial charge >= 0.3 is 0 Å².